The molecular weight excluding hydrogens is 219 g/mol. The second kappa shape index (κ2) is 5.82. The predicted octanol–water partition coefficient (Wildman–Crippen LogP) is 4.04. The van der Waals surface area contributed by atoms with Gasteiger partial charge in [0, 0.05) is 0 Å². The van der Waals surface area contributed by atoms with Crippen LogP contribution in [0.3, 0.4) is 0 Å². The van der Waals surface area contributed by atoms with Gasteiger partial charge in [-0.2, -0.15) is 0 Å². The molecule has 0 heterocycles. The molecule has 0 aliphatic heterocycles. The maximum absolute atomic E-state index is 11.1. The van der Waals surface area contributed by atoms with Gasteiger partial charge in [0.15, 0.2) is 0 Å². The van der Waals surface area contributed by atoms with Crippen molar-refractivity contribution in [1.82, 2.24) is 0 Å². The van der Waals surface area contributed by atoms with Crippen molar-refractivity contribution in [3.8, 4) is 0 Å². The molecule has 0 aromatic carbocycles. The third-order valence-electron chi connectivity index (χ3n) is 4.01. The summed E-state index contributed by atoms with van der Waals surface area (Å²) in [6, 6.07) is 0. The second-order valence-corrected chi connectivity index (χ2v) is 11.0. The Morgan fingerprint density at radius 1 is 1.00 bits per heavy atom. The number of ketones is 1. The van der Waals surface area contributed by atoms with Crippen LogP contribution in [0.1, 0.15) is 41.5 Å². The van der Waals surface area contributed by atoms with Crippen LogP contribution in [-0.2, 0) is 9.32 Å². The van der Waals surface area contributed by atoms with Gasteiger partial charge in [-0.15, -0.1) is 0 Å². The van der Waals surface area contributed by atoms with Crippen LogP contribution in [-0.4, -0.2) is 30.4 Å². The van der Waals surface area contributed by atoms with Gasteiger partial charge in [-0.25, -0.2) is 0 Å². The summed E-state index contributed by atoms with van der Waals surface area (Å²) in [4.78, 5) is 11.1. The molecule has 0 aliphatic carbocycles. The van der Waals surface area contributed by atoms with Crippen LogP contribution in [0.2, 0.25) is 0 Å². The van der Waals surface area contributed by atoms with Crippen molar-refractivity contribution in [2.75, 3.05) is 24.6 Å². The first kappa shape index (κ1) is 15.6. The normalized spacial score (nSPS) is 15.4. The fourth-order valence-corrected chi connectivity index (χ4v) is 6.39. The SMILES string of the molecule is CCP(CC)(CC)(CC)O/C(C)=C\C(C)=O. The molecule has 3 heteroatoms. The summed E-state index contributed by atoms with van der Waals surface area (Å²) in [5.74, 6) is 0.853. The Morgan fingerprint density at radius 3 is 1.62 bits per heavy atom. The Balaban J connectivity index is 5.16. The third kappa shape index (κ3) is 3.31. The van der Waals surface area contributed by atoms with E-state index in [-0.39, 0.29) is 5.78 Å². The molecule has 0 aliphatic rings. The van der Waals surface area contributed by atoms with Gasteiger partial charge in [0.05, 0.1) is 0 Å². The number of hydrogen-bond acceptors (Lipinski definition) is 2. The van der Waals surface area contributed by atoms with Gasteiger partial charge in [0.25, 0.3) is 0 Å². The van der Waals surface area contributed by atoms with Crippen molar-refractivity contribution in [2.45, 2.75) is 41.5 Å². The average molecular weight is 246 g/mol. The molecule has 0 spiro atoms. The van der Waals surface area contributed by atoms with Gasteiger partial charge >= 0.3 is 100.0 Å². The van der Waals surface area contributed by atoms with Crippen molar-refractivity contribution < 1.29 is 9.32 Å². The molecule has 0 radical (unpaired) electrons. The van der Waals surface area contributed by atoms with Crippen molar-refractivity contribution in [3.05, 3.63) is 11.8 Å². The fourth-order valence-electron chi connectivity index (χ4n) is 2.32. The van der Waals surface area contributed by atoms with Crippen LogP contribution in [0.25, 0.3) is 0 Å². The maximum atomic E-state index is 11.1. The summed E-state index contributed by atoms with van der Waals surface area (Å²) in [6.07, 6.45) is 5.99. The molecule has 0 amide bonds. The van der Waals surface area contributed by atoms with Crippen LogP contribution in [0, 0.1) is 0 Å². The molecule has 0 saturated heterocycles. The topological polar surface area (TPSA) is 26.3 Å². The molecule has 0 N–H and O–H groups in total. The van der Waals surface area contributed by atoms with Crippen molar-refractivity contribution in [2.24, 2.45) is 0 Å². The number of carbonyl (C=O) groups excluding carboxylic acids is 1. The van der Waals surface area contributed by atoms with Crippen LogP contribution in [0.4, 0.5) is 0 Å². The summed E-state index contributed by atoms with van der Waals surface area (Å²) in [6.45, 7) is 10.3. The second-order valence-electron chi connectivity index (χ2n) is 4.58. The van der Waals surface area contributed by atoms with E-state index in [2.05, 4.69) is 27.7 Å². The van der Waals surface area contributed by atoms with Crippen LogP contribution >= 0.6 is 6.83 Å². The fraction of sp³-hybridized carbons (Fsp3) is 0.769. The van der Waals surface area contributed by atoms with Crippen LogP contribution in [0.15, 0.2) is 11.8 Å². The molecular formula is C13H27O2P. The summed E-state index contributed by atoms with van der Waals surface area (Å²) in [5, 5.41) is 0. The Kier molecular flexibility index (Phi) is 5.69. The van der Waals surface area contributed by atoms with E-state index in [0.29, 0.717) is 0 Å². The van der Waals surface area contributed by atoms with Crippen LogP contribution in [0.5, 0.6) is 0 Å². The van der Waals surface area contributed by atoms with Gasteiger partial charge in [0.2, 0.25) is 0 Å². The van der Waals surface area contributed by atoms with E-state index < -0.39 is 6.83 Å². The van der Waals surface area contributed by atoms with E-state index in [1.54, 1.807) is 13.0 Å². The monoisotopic (exact) mass is 246 g/mol. The number of allylic oxidation sites excluding steroid dienone is 2. The van der Waals surface area contributed by atoms with Crippen LogP contribution < -0.4 is 0 Å². The summed E-state index contributed by atoms with van der Waals surface area (Å²) in [7, 11) is 0. The van der Waals surface area contributed by atoms with E-state index in [0.717, 1.165) is 30.4 Å². The summed E-state index contributed by atoms with van der Waals surface area (Å²) in [5.41, 5.74) is 0. The Labute approximate surface area is 100 Å². The van der Waals surface area contributed by atoms with Gasteiger partial charge in [-0.3, -0.25) is 0 Å². The molecule has 0 aromatic heterocycles. The van der Waals surface area contributed by atoms with Crippen molar-refractivity contribution in [3.63, 3.8) is 0 Å². The molecule has 0 rings (SSSR count). The Morgan fingerprint density at radius 2 is 1.38 bits per heavy atom. The first-order valence-corrected chi connectivity index (χ1v) is 9.16. The predicted molar refractivity (Wildman–Crippen MR) is 74.6 cm³/mol. The van der Waals surface area contributed by atoms with Crippen molar-refractivity contribution in [1.29, 1.82) is 0 Å². The molecule has 0 unspecified atom stereocenters. The summed E-state index contributed by atoms with van der Waals surface area (Å²) >= 11 is 0. The first-order chi connectivity index (χ1) is 7.37. The molecule has 0 aromatic rings. The number of hydrogen-bond donors (Lipinski definition) is 0. The zero-order valence-electron chi connectivity index (χ0n) is 11.7. The summed E-state index contributed by atoms with van der Waals surface area (Å²) < 4.78 is 6.30. The minimum absolute atomic E-state index is 0.0634. The van der Waals surface area contributed by atoms with Gasteiger partial charge < -0.3 is 0 Å². The molecule has 0 atom stereocenters. The average Bonchev–Trinajstić information content (AvgIpc) is 2.26. The number of carbonyl (C=O) groups is 1. The first-order valence-electron chi connectivity index (χ1n) is 6.26. The molecule has 0 bridgehead atoms. The Bertz CT molecular complexity index is 254. The van der Waals surface area contributed by atoms with Gasteiger partial charge in [-0.05, 0) is 0 Å². The van der Waals surface area contributed by atoms with E-state index >= 15 is 0 Å². The molecule has 0 fully saturated rings. The quantitative estimate of drug-likeness (QED) is 0.385. The van der Waals surface area contributed by atoms with E-state index in [9.17, 15) is 4.79 Å². The standard InChI is InChI=1S/C13H27O2P/c1-7-16(8-2,9-3,10-4)15-13(6)11-12(5)14/h11H,7-10H2,1-6H3/b13-11-. The number of rotatable bonds is 7. The van der Waals surface area contributed by atoms with Gasteiger partial charge in [-0.1, -0.05) is 0 Å². The minimum atomic E-state index is -2.07. The van der Waals surface area contributed by atoms with Crippen molar-refractivity contribution >= 4 is 12.6 Å². The molecule has 2 nitrogen and oxygen atoms in total. The molecule has 0 saturated carbocycles. The van der Waals surface area contributed by atoms with Gasteiger partial charge in [0.1, 0.15) is 0 Å². The van der Waals surface area contributed by atoms with E-state index in [1.165, 1.54) is 0 Å². The van der Waals surface area contributed by atoms with E-state index in [1.807, 2.05) is 6.92 Å². The van der Waals surface area contributed by atoms with E-state index in [4.69, 9.17) is 4.52 Å². The zero-order chi connectivity index (χ0) is 12.8. The molecule has 96 valence electrons. The molecule has 16 heavy (non-hydrogen) atoms. The zero-order valence-corrected chi connectivity index (χ0v) is 12.6. The Hall–Kier alpha value is -0.360. The third-order valence-corrected chi connectivity index (χ3v) is 11.2.